The van der Waals surface area contributed by atoms with Gasteiger partial charge in [0.1, 0.15) is 11.5 Å². The van der Waals surface area contributed by atoms with Crippen molar-refractivity contribution in [1.29, 1.82) is 0 Å². The van der Waals surface area contributed by atoms with Gasteiger partial charge in [-0.15, -0.1) is 0 Å². The summed E-state index contributed by atoms with van der Waals surface area (Å²) in [4.78, 5) is 15.6. The number of carbonyl (C=O) groups is 1. The fourth-order valence-electron chi connectivity index (χ4n) is 2.52. The van der Waals surface area contributed by atoms with Crippen LogP contribution in [0.4, 0.5) is 0 Å². The predicted octanol–water partition coefficient (Wildman–Crippen LogP) is 6.20. The van der Waals surface area contributed by atoms with Gasteiger partial charge in [0.15, 0.2) is 5.75 Å². The van der Waals surface area contributed by atoms with Crippen LogP contribution in [0.3, 0.4) is 0 Å². The molecule has 0 aliphatic rings. The molecule has 0 fully saturated rings. The molecule has 0 bridgehead atoms. The molecule has 0 amide bonds. The van der Waals surface area contributed by atoms with Crippen LogP contribution in [0, 0.1) is 0 Å². The highest BCUT2D eigenvalue weighted by atomic mass is 79.9. The zero-order chi connectivity index (χ0) is 21.7. The summed E-state index contributed by atoms with van der Waals surface area (Å²) < 4.78 is 7.33. The molecular weight excluding hydrogens is 518 g/mol. The normalized spacial score (nSPS) is 12.0. The van der Waals surface area contributed by atoms with E-state index in [0.717, 1.165) is 5.56 Å². The first-order chi connectivity index (χ1) is 14.3. The number of hydrogen-bond acceptors (Lipinski definition) is 5. The molecule has 0 spiro atoms. The number of rotatable bonds is 7. The minimum absolute atomic E-state index is 0.161. The third-order valence-corrected chi connectivity index (χ3v) is 5.24. The Labute approximate surface area is 190 Å². The predicted molar refractivity (Wildman–Crippen MR) is 121 cm³/mol. The lowest BCUT2D eigenvalue weighted by Crippen LogP contribution is -2.17. The van der Waals surface area contributed by atoms with Crippen LogP contribution < -0.4 is 4.74 Å². The standard InChI is InChI=1S/C22H17Br2NO5/c1-13(22(27)28)30-25-12-14-9-18(23)21(19(24)10-14)29-16-7-8-20(26)17(11-16)15-5-3-2-4-6-15/h2-13,26H,1H3,(H,27,28)/t13-/m1/s1. The van der Waals surface area contributed by atoms with E-state index in [9.17, 15) is 9.90 Å². The molecule has 0 aliphatic heterocycles. The number of benzene rings is 3. The molecule has 8 heteroatoms. The number of carboxylic acid groups (broad SMARTS) is 1. The van der Waals surface area contributed by atoms with Gasteiger partial charge in [-0.3, -0.25) is 0 Å². The van der Waals surface area contributed by atoms with Crippen molar-refractivity contribution in [3.8, 4) is 28.4 Å². The molecule has 0 aliphatic carbocycles. The molecule has 3 aromatic carbocycles. The Hall–Kier alpha value is -2.84. The highest BCUT2D eigenvalue weighted by Gasteiger charge is 2.13. The van der Waals surface area contributed by atoms with Crippen LogP contribution in [0.2, 0.25) is 0 Å². The fraction of sp³-hybridized carbons (Fsp3) is 0.0909. The largest absolute Gasteiger partial charge is 0.507 e. The second-order valence-corrected chi connectivity index (χ2v) is 7.99. The number of halogens is 2. The van der Waals surface area contributed by atoms with E-state index < -0.39 is 12.1 Å². The van der Waals surface area contributed by atoms with Crippen molar-refractivity contribution in [2.45, 2.75) is 13.0 Å². The lowest BCUT2D eigenvalue weighted by atomic mass is 10.0. The van der Waals surface area contributed by atoms with E-state index in [1.807, 2.05) is 30.3 Å². The average Bonchev–Trinajstić information content (AvgIpc) is 2.72. The molecule has 0 saturated carbocycles. The summed E-state index contributed by atoms with van der Waals surface area (Å²) in [5, 5.41) is 22.7. The molecule has 1 atom stereocenters. The van der Waals surface area contributed by atoms with E-state index in [2.05, 4.69) is 37.0 Å². The van der Waals surface area contributed by atoms with Crippen LogP contribution in [0.15, 0.2) is 74.8 Å². The van der Waals surface area contributed by atoms with Crippen LogP contribution in [0.1, 0.15) is 12.5 Å². The number of aliphatic carboxylic acids is 1. The van der Waals surface area contributed by atoms with Gasteiger partial charge in [0.25, 0.3) is 0 Å². The minimum atomic E-state index is -1.10. The Balaban J connectivity index is 1.82. The quantitative estimate of drug-likeness (QED) is 0.278. The van der Waals surface area contributed by atoms with Crippen molar-refractivity contribution >= 4 is 44.0 Å². The van der Waals surface area contributed by atoms with Crippen molar-refractivity contribution in [1.82, 2.24) is 0 Å². The molecule has 154 valence electrons. The summed E-state index contributed by atoms with van der Waals surface area (Å²) in [5.74, 6) is 0.153. The maximum Gasteiger partial charge on any atom is 0.347 e. The van der Waals surface area contributed by atoms with Crippen LogP contribution in [0.25, 0.3) is 11.1 Å². The van der Waals surface area contributed by atoms with Gasteiger partial charge >= 0.3 is 5.97 Å². The van der Waals surface area contributed by atoms with Crippen molar-refractivity contribution in [3.05, 3.63) is 75.2 Å². The van der Waals surface area contributed by atoms with Crippen LogP contribution >= 0.6 is 31.9 Å². The topological polar surface area (TPSA) is 88.4 Å². The van der Waals surface area contributed by atoms with E-state index in [4.69, 9.17) is 14.7 Å². The van der Waals surface area contributed by atoms with Gasteiger partial charge in [-0.1, -0.05) is 35.5 Å². The molecule has 0 aromatic heterocycles. The Kier molecular flexibility index (Phi) is 7.12. The van der Waals surface area contributed by atoms with E-state index >= 15 is 0 Å². The first-order valence-corrected chi connectivity index (χ1v) is 10.4. The zero-order valence-corrected chi connectivity index (χ0v) is 18.9. The van der Waals surface area contributed by atoms with Gasteiger partial charge in [-0.05, 0) is 80.2 Å². The lowest BCUT2D eigenvalue weighted by Gasteiger charge is -2.13. The smallest absolute Gasteiger partial charge is 0.347 e. The number of aromatic hydroxyl groups is 1. The molecule has 6 nitrogen and oxygen atoms in total. The van der Waals surface area contributed by atoms with E-state index in [0.29, 0.717) is 31.6 Å². The summed E-state index contributed by atoms with van der Waals surface area (Å²) in [6, 6.07) is 18.1. The SMILES string of the molecule is C[C@@H](ON=Cc1cc(Br)c(Oc2ccc(O)c(-c3ccccc3)c2)c(Br)c1)C(=O)O. The average molecular weight is 535 g/mol. The second-order valence-electron chi connectivity index (χ2n) is 6.28. The highest BCUT2D eigenvalue weighted by Crippen LogP contribution is 2.40. The van der Waals surface area contributed by atoms with Crippen LogP contribution in [-0.4, -0.2) is 28.5 Å². The zero-order valence-electron chi connectivity index (χ0n) is 15.8. The van der Waals surface area contributed by atoms with Crippen molar-refractivity contribution in [2.75, 3.05) is 0 Å². The molecule has 3 rings (SSSR count). The monoisotopic (exact) mass is 533 g/mol. The van der Waals surface area contributed by atoms with Gasteiger partial charge in [0.2, 0.25) is 6.10 Å². The molecule has 0 heterocycles. The van der Waals surface area contributed by atoms with Crippen molar-refractivity contribution in [2.24, 2.45) is 5.16 Å². The summed E-state index contributed by atoms with van der Waals surface area (Å²) >= 11 is 6.95. The van der Waals surface area contributed by atoms with Crippen LogP contribution in [0.5, 0.6) is 17.2 Å². The molecule has 3 aromatic rings. The summed E-state index contributed by atoms with van der Waals surface area (Å²) in [6.45, 7) is 1.39. The van der Waals surface area contributed by atoms with Crippen molar-refractivity contribution in [3.63, 3.8) is 0 Å². The van der Waals surface area contributed by atoms with Gasteiger partial charge in [0, 0.05) is 5.56 Å². The Bertz CT molecular complexity index is 1060. The molecule has 2 N–H and O–H groups in total. The third kappa shape index (κ3) is 5.40. The molecule has 0 radical (unpaired) electrons. The summed E-state index contributed by atoms with van der Waals surface area (Å²) in [6.07, 6.45) is 0.372. The van der Waals surface area contributed by atoms with Crippen LogP contribution in [-0.2, 0) is 9.63 Å². The number of nitrogens with zero attached hydrogens (tertiary/aromatic N) is 1. The minimum Gasteiger partial charge on any atom is -0.507 e. The third-order valence-electron chi connectivity index (χ3n) is 4.06. The number of carboxylic acids is 1. The fourth-order valence-corrected chi connectivity index (χ4v) is 3.91. The Morgan fingerprint density at radius 3 is 2.37 bits per heavy atom. The van der Waals surface area contributed by atoms with E-state index in [1.165, 1.54) is 13.1 Å². The number of oxime groups is 1. The number of ether oxygens (including phenoxy) is 1. The maximum absolute atomic E-state index is 10.8. The summed E-state index contributed by atoms with van der Waals surface area (Å²) in [5.41, 5.74) is 2.21. The number of phenolic OH excluding ortho intramolecular Hbond substituents is 1. The number of hydrogen-bond donors (Lipinski definition) is 2. The molecule has 30 heavy (non-hydrogen) atoms. The Morgan fingerprint density at radius 2 is 1.73 bits per heavy atom. The first kappa shape index (κ1) is 21.9. The molecule has 0 saturated heterocycles. The van der Waals surface area contributed by atoms with Crippen molar-refractivity contribution < 1.29 is 24.6 Å². The Morgan fingerprint density at radius 1 is 1.07 bits per heavy atom. The van der Waals surface area contributed by atoms with Gasteiger partial charge in [0.05, 0.1) is 15.2 Å². The van der Waals surface area contributed by atoms with Gasteiger partial charge in [-0.2, -0.15) is 0 Å². The van der Waals surface area contributed by atoms with Gasteiger partial charge in [-0.25, -0.2) is 4.79 Å². The summed E-state index contributed by atoms with van der Waals surface area (Å²) in [7, 11) is 0. The second kappa shape index (κ2) is 9.77. The highest BCUT2D eigenvalue weighted by molar-refractivity contribution is 9.11. The molecular formula is C22H17Br2NO5. The lowest BCUT2D eigenvalue weighted by molar-refractivity contribution is -0.149. The van der Waals surface area contributed by atoms with Gasteiger partial charge < -0.3 is 19.8 Å². The molecule has 0 unspecified atom stereocenters. The van der Waals surface area contributed by atoms with E-state index in [1.54, 1.807) is 30.3 Å². The first-order valence-electron chi connectivity index (χ1n) is 8.82. The number of phenols is 1. The van der Waals surface area contributed by atoms with E-state index in [-0.39, 0.29) is 5.75 Å². The maximum atomic E-state index is 10.8.